The molecular formula is C19H21ClN2O5S. The molecular weight excluding hydrogens is 404 g/mol. The van der Waals surface area contributed by atoms with Gasteiger partial charge in [0.2, 0.25) is 10.0 Å². The number of sulfonamides is 1. The highest BCUT2D eigenvalue weighted by Gasteiger charge is 2.31. The van der Waals surface area contributed by atoms with E-state index < -0.39 is 16.1 Å². The van der Waals surface area contributed by atoms with Crippen molar-refractivity contribution >= 4 is 38.9 Å². The molecule has 1 aliphatic heterocycles. The molecule has 7 nitrogen and oxygen atoms in total. The average molecular weight is 425 g/mol. The van der Waals surface area contributed by atoms with E-state index in [2.05, 4.69) is 5.32 Å². The molecule has 0 radical (unpaired) electrons. The lowest BCUT2D eigenvalue weighted by molar-refractivity contribution is -0.122. The minimum absolute atomic E-state index is 0.100. The minimum atomic E-state index is -3.55. The smallest absolute Gasteiger partial charge is 0.265 e. The Morgan fingerprint density at radius 2 is 2.11 bits per heavy atom. The number of halogens is 1. The summed E-state index contributed by atoms with van der Waals surface area (Å²) in [4.78, 5) is 12.8. The van der Waals surface area contributed by atoms with Crippen molar-refractivity contribution in [1.29, 1.82) is 0 Å². The van der Waals surface area contributed by atoms with Crippen LogP contribution in [0.5, 0.6) is 11.5 Å². The Hall–Kier alpha value is -2.45. The lowest BCUT2D eigenvalue weighted by Crippen LogP contribution is -2.35. The van der Waals surface area contributed by atoms with Crippen molar-refractivity contribution in [3.8, 4) is 11.5 Å². The molecule has 150 valence electrons. The second-order valence-electron chi connectivity index (χ2n) is 6.29. The van der Waals surface area contributed by atoms with Crippen LogP contribution in [0, 0.1) is 0 Å². The molecule has 1 heterocycles. The first kappa shape index (κ1) is 20.3. The fraction of sp³-hybridized carbons (Fsp3) is 0.316. The quantitative estimate of drug-likeness (QED) is 0.796. The van der Waals surface area contributed by atoms with Gasteiger partial charge in [-0.25, -0.2) is 8.42 Å². The monoisotopic (exact) mass is 424 g/mol. The lowest BCUT2D eigenvalue weighted by atomic mass is 10.2. The first-order valence-corrected chi connectivity index (χ1v) is 11.0. The molecule has 28 heavy (non-hydrogen) atoms. The van der Waals surface area contributed by atoms with Crippen molar-refractivity contribution in [1.82, 2.24) is 0 Å². The third kappa shape index (κ3) is 4.69. The van der Waals surface area contributed by atoms with Crippen LogP contribution in [0.3, 0.4) is 0 Å². The van der Waals surface area contributed by atoms with E-state index in [9.17, 15) is 13.2 Å². The van der Waals surface area contributed by atoms with Crippen LogP contribution in [-0.2, 0) is 14.8 Å². The molecule has 9 heteroatoms. The van der Waals surface area contributed by atoms with Gasteiger partial charge in [0, 0.05) is 29.7 Å². The van der Waals surface area contributed by atoms with Crippen LogP contribution in [0.15, 0.2) is 42.5 Å². The van der Waals surface area contributed by atoms with E-state index in [1.807, 2.05) is 6.92 Å². The minimum Gasteiger partial charge on any atom is -0.494 e. The molecule has 1 aliphatic rings. The summed E-state index contributed by atoms with van der Waals surface area (Å²) in [5.74, 6) is 0.561. The summed E-state index contributed by atoms with van der Waals surface area (Å²) in [6.45, 7) is 2.49. The van der Waals surface area contributed by atoms with Crippen LogP contribution < -0.4 is 19.1 Å². The third-order valence-electron chi connectivity index (χ3n) is 4.16. The number of anilines is 2. The van der Waals surface area contributed by atoms with E-state index in [1.165, 1.54) is 10.4 Å². The van der Waals surface area contributed by atoms with Gasteiger partial charge in [-0.2, -0.15) is 0 Å². The summed E-state index contributed by atoms with van der Waals surface area (Å²) in [5.41, 5.74) is 0.892. The second-order valence-corrected chi connectivity index (χ2v) is 8.64. The second kappa shape index (κ2) is 8.28. The molecule has 0 aromatic heterocycles. The molecule has 0 aliphatic carbocycles. The van der Waals surface area contributed by atoms with Crippen LogP contribution in [0.4, 0.5) is 11.4 Å². The van der Waals surface area contributed by atoms with Gasteiger partial charge in [-0.15, -0.1) is 0 Å². The first-order chi connectivity index (χ1) is 13.3. The summed E-state index contributed by atoms with van der Waals surface area (Å²) in [5, 5.41) is 3.18. The normalized spacial score (nSPS) is 16.5. The number of nitrogens with zero attached hydrogens (tertiary/aromatic N) is 1. The van der Waals surface area contributed by atoms with Crippen molar-refractivity contribution in [3.05, 3.63) is 47.5 Å². The van der Waals surface area contributed by atoms with E-state index in [4.69, 9.17) is 21.1 Å². The Balaban J connectivity index is 1.83. The summed E-state index contributed by atoms with van der Waals surface area (Å²) >= 11 is 6.02. The number of ether oxygens (including phenoxy) is 2. The molecule has 0 bridgehead atoms. The number of fused-ring (bicyclic) bond motifs is 1. The maximum Gasteiger partial charge on any atom is 0.265 e. The van der Waals surface area contributed by atoms with Gasteiger partial charge in [0.1, 0.15) is 11.5 Å². The number of amides is 1. The van der Waals surface area contributed by atoms with Gasteiger partial charge in [-0.1, -0.05) is 17.7 Å². The molecule has 2 aromatic rings. The van der Waals surface area contributed by atoms with Crippen LogP contribution in [0.25, 0.3) is 0 Å². The fourth-order valence-electron chi connectivity index (χ4n) is 2.93. The number of rotatable bonds is 5. The maximum absolute atomic E-state index is 12.8. The highest BCUT2D eigenvalue weighted by molar-refractivity contribution is 7.92. The molecule has 0 spiro atoms. The van der Waals surface area contributed by atoms with Gasteiger partial charge in [0.25, 0.3) is 5.91 Å². The molecule has 1 N–H and O–H groups in total. The van der Waals surface area contributed by atoms with Gasteiger partial charge in [0.15, 0.2) is 6.10 Å². The standard InChI is InChI=1S/C19H21ClN2O5S/c1-3-26-15-6-4-5-14(12-15)21-19(23)18-9-10-22(28(2,24)25)16-11-13(20)7-8-17(16)27-18/h4-8,11-12,18H,3,9-10H2,1-2H3,(H,21,23)/t18-/m1/s1. The molecule has 0 fully saturated rings. The molecule has 0 unspecified atom stereocenters. The van der Waals surface area contributed by atoms with E-state index in [-0.39, 0.29) is 24.6 Å². The molecule has 1 atom stereocenters. The fourth-order valence-corrected chi connectivity index (χ4v) is 4.04. The van der Waals surface area contributed by atoms with E-state index in [1.54, 1.807) is 36.4 Å². The largest absolute Gasteiger partial charge is 0.494 e. The Bertz CT molecular complexity index is 980. The van der Waals surface area contributed by atoms with E-state index in [0.29, 0.717) is 28.8 Å². The Kier molecular flexibility index (Phi) is 6.00. The van der Waals surface area contributed by atoms with Gasteiger partial charge < -0.3 is 14.8 Å². The molecule has 0 saturated carbocycles. The zero-order chi connectivity index (χ0) is 20.3. The summed E-state index contributed by atoms with van der Waals surface area (Å²) in [7, 11) is -3.55. The number of benzene rings is 2. The first-order valence-electron chi connectivity index (χ1n) is 8.75. The van der Waals surface area contributed by atoms with Gasteiger partial charge in [0.05, 0.1) is 18.6 Å². The predicted octanol–water partition coefficient (Wildman–Crippen LogP) is 3.29. The number of hydrogen-bond acceptors (Lipinski definition) is 5. The topological polar surface area (TPSA) is 84.9 Å². The van der Waals surface area contributed by atoms with Crippen LogP contribution in [0.1, 0.15) is 13.3 Å². The van der Waals surface area contributed by atoms with Crippen molar-refractivity contribution in [3.63, 3.8) is 0 Å². The maximum atomic E-state index is 12.8. The lowest BCUT2D eigenvalue weighted by Gasteiger charge is -2.21. The highest BCUT2D eigenvalue weighted by Crippen LogP contribution is 2.36. The SMILES string of the molecule is CCOc1cccc(NC(=O)[C@H]2CCN(S(C)(=O)=O)c3cc(Cl)ccc3O2)c1. The highest BCUT2D eigenvalue weighted by atomic mass is 35.5. The number of carbonyl (C=O) groups excluding carboxylic acids is 1. The molecule has 0 saturated heterocycles. The van der Waals surface area contributed by atoms with Gasteiger partial charge in [-0.3, -0.25) is 9.10 Å². The zero-order valence-electron chi connectivity index (χ0n) is 15.5. The van der Waals surface area contributed by atoms with Crippen molar-refractivity contribution < 1.29 is 22.7 Å². The van der Waals surface area contributed by atoms with Crippen LogP contribution in [-0.4, -0.2) is 39.8 Å². The number of carbonyl (C=O) groups is 1. The molecule has 3 rings (SSSR count). The van der Waals surface area contributed by atoms with Crippen molar-refractivity contribution in [2.75, 3.05) is 29.0 Å². The summed E-state index contributed by atoms with van der Waals surface area (Å²) < 4.78 is 36.9. The Morgan fingerprint density at radius 3 is 2.82 bits per heavy atom. The molecule has 1 amide bonds. The predicted molar refractivity (Wildman–Crippen MR) is 109 cm³/mol. The summed E-state index contributed by atoms with van der Waals surface area (Å²) in [6.07, 6.45) is 0.440. The average Bonchev–Trinajstić information content (AvgIpc) is 2.81. The Labute approximate surface area is 169 Å². The summed E-state index contributed by atoms with van der Waals surface area (Å²) in [6, 6.07) is 11.7. The van der Waals surface area contributed by atoms with E-state index >= 15 is 0 Å². The third-order valence-corrected chi connectivity index (χ3v) is 5.57. The number of nitrogens with one attached hydrogen (secondary N) is 1. The molecule has 2 aromatic carbocycles. The zero-order valence-corrected chi connectivity index (χ0v) is 17.1. The van der Waals surface area contributed by atoms with Crippen molar-refractivity contribution in [2.24, 2.45) is 0 Å². The van der Waals surface area contributed by atoms with Gasteiger partial charge >= 0.3 is 0 Å². The Morgan fingerprint density at radius 1 is 1.32 bits per heavy atom. The number of hydrogen-bond donors (Lipinski definition) is 1. The van der Waals surface area contributed by atoms with Crippen LogP contribution in [0.2, 0.25) is 5.02 Å². The van der Waals surface area contributed by atoms with Crippen molar-refractivity contribution in [2.45, 2.75) is 19.4 Å². The van der Waals surface area contributed by atoms with Gasteiger partial charge in [-0.05, 0) is 37.3 Å². The van der Waals surface area contributed by atoms with E-state index in [0.717, 1.165) is 6.26 Å². The van der Waals surface area contributed by atoms with Crippen LogP contribution >= 0.6 is 11.6 Å².